The van der Waals surface area contributed by atoms with Gasteiger partial charge in [0.25, 0.3) is 5.91 Å². The maximum Gasteiger partial charge on any atom is 0.265 e. The van der Waals surface area contributed by atoms with Crippen molar-refractivity contribution in [3.8, 4) is 5.75 Å². The van der Waals surface area contributed by atoms with Gasteiger partial charge < -0.3 is 14.2 Å². The van der Waals surface area contributed by atoms with Crippen LogP contribution >= 0.6 is 0 Å². The highest BCUT2D eigenvalue weighted by atomic mass is 16.5. The fourth-order valence-electron chi connectivity index (χ4n) is 3.01. The van der Waals surface area contributed by atoms with Crippen LogP contribution in [0.25, 0.3) is 5.65 Å². The second kappa shape index (κ2) is 6.27. The topological polar surface area (TPSA) is 84.1 Å². The molecule has 2 aromatic heterocycles. The molecule has 7 nitrogen and oxygen atoms in total. The van der Waals surface area contributed by atoms with E-state index >= 15 is 0 Å². The summed E-state index contributed by atoms with van der Waals surface area (Å²) >= 11 is 0. The lowest BCUT2D eigenvalue weighted by atomic mass is 10.1. The summed E-state index contributed by atoms with van der Waals surface area (Å²) in [6, 6.07) is 8.76. The summed E-state index contributed by atoms with van der Waals surface area (Å²) < 4.78 is 7.36. The number of hydrogen-bond acceptors (Lipinski definition) is 5. The summed E-state index contributed by atoms with van der Waals surface area (Å²) in [4.78, 5) is 30.3. The Balaban J connectivity index is 1.71. The molecule has 7 heteroatoms. The fourth-order valence-corrected chi connectivity index (χ4v) is 3.01. The van der Waals surface area contributed by atoms with Crippen molar-refractivity contribution in [1.29, 1.82) is 0 Å². The van der Waals surface area contributed by atoms with Gasteiger partial charge in [0.2, 0.25) is 0 Å². The molecule has 0 unspecified atom stereocenters. The van der Waals surface area contributed by atoms with Crippen LogP contribution in [0.2, 0.25) is 0 Å². The van der Waals surface area contributed by atoms with Gasteiger partial charge >= 0.3 is 0 Å². The van der Waals surface area contributed by atoms with Crippen molar-refractivity contribution in [3.63, 3.8) is 0 Å². The quantitative estimate of drug-likeness (QED) is 0.724. The van der Waals surface area contributed by atoms with Gasteiger partial charge in [0.05, 0.1) is 17.9 Å². The molecule has 1 amide bonds. The number of aromatic nitrogens is 2. The van der Waals surface area contributed by atoms with Crippen molar-refractivity contribution in [2.75, 3.05) is 18.1 Å². The van der Waals surface area contributed by atoms with Crippen molar-refractivity contribution in [3.05, 3.63) is 59.5 Å². The summed E-state index contributed by atoms with van der Waals surface area (Å²) in [6.07, 6.45) is 3.80. The number of anilines is 1. The highest BCUT2D eigenvalue weighted by Crippen LogP contribution is 2.34. The van der Waals surface area contributed by atoms with Crippen LogP contribution in [-0.2, 0) is 11.3 Å². The molecule has 1 N–H and O–H groups in total. The third-order valence-corrected chi connectivity index (χ3v) is 4.35. The number of rotatable bonds is 4. The first kappa shape index (κ1) is 16.3. The molecule has 1 aromatic carbocycles. The number of amides is 1. The van der Waals surface area contributed by atoms with Crippen LogP contribution in [-0.4, -0.2) is 39.4 Å². The third kappa shape index (κ3) is 2.82. The summed E-state index contributed by atoms with van der Waals surface area (Å²) in [7, 11) is 0. The normalized spacial score (nSPS) is 13.6. The Morgan fingerprint density at radius 2 is 2.15 bits per heavy atom. The zero-order valence-electron chi connectivity index (χ0n) is 14.2. The van der Waals surface area contributed by atoms with E-state index < -0.39 is 12.4 Å². The number of ketones is 1. The van der Waals surface area contributed by atoms with Gasteiger partial charge in [-0.05, 0) is 42.8 Å². The average molecular weight is 351 g/mol. The van der Waals surface area contributed by atoms with Crippen molar-refractivity contribution in [2.45, 2.75) is 13.5 Å². The van der Waals surface area contributed by atoms with Gasteiger partial charge in [-0.2, -0.15) is 0 Å². The monoisotopic (exact) mass is 351 g/mol. The van der Waals surface area contributed by atoms with Crippen LogP contribution < -0.4 is 9.64 Å². The number of fused-ring (bicyclic) bond motifs is 2. The van der Waals surface area contributed by atoms with Crippen LogP contribution in [0.15, 0.2) is 42.7 Å². The number of benzene rings is 1. The molecule has 3 aromatic rings. The van der Waals surface area contributed by atoms with Gasteiger partial charge in [-0.25, -0.2) is 4.98 Å². The summed E-state index contributed by atoms with van der Waals surface area (Å²) in [6.45, 7) is 1.62. The average Bonchev–Trinajstić information content (AvgIpc) is 3.04. The highest BCUT2D eigenvalue weighted by Gasteiger charge is 2.27. The van der Waals surface area contributed by atoms with Gasteiger partial charge in [0.15, 0.2) is 12.4 Å². The van der Waals surface area contributed by atoms with Gasteiger partial charge in [0.1, 0.15) is 18.0 Å². The van der Waals surface area contributed by atoms with Crippen molar-refractivity contribution in [2.24, 2.45) is 0 Å². The molecule has 0 radical (unpaired) electrons. The molecular weight excluding hydrogens is 334 g/mol. The first-order chi connectivity index (χ1) is 12.5. The smallest absolute Gasteiger partial charge is 0.265 e. The lowest BCUT2D eigenvalue weighted by Gasteiger charge is -2.29. The van der Waals surface area contributed by atoms with E-state index in [2.05, 4.69) is 4.98 Å². The molecule has 0 atom stereocenters. The van der Waals surface area contributed by atoms with E-state index in [9.17, 15) is 9.59 Å². The zero-order valence-corrected chi connectivity index (χ0v) is 14.2. The van der Waals surface area contributed by atoms with E-state index in [1.165, 1.54) is 0 Å². The molecule has 0 spiro atoms. The van der Waals surface area contributed by atoms with Gasteiger partial charge in [0, 0.05) is 18.0 Å². The molecule has 0 saturated carbocycles. The molecule has 132 valence electrons. The van der Waals surface area contributed by atoms with Crippen molar-refractivity contribution < 1.29 is 19.4 Å². The van der Waals surface area contributed by atoms with Crippen LogP contribution in [0.3, 0.4) is 0 Å². The Labute approximate surface area is 149 Å². The molecule has 26 heavy (non-hydrogen) atoms. The number of Topliss-reactive ketones (excluding diaryl/α,β-unsaturated/α-hetero) is 1. The number of aliphatic hydroxyl groups is 1. The number of nitrogens with zero attached hydrogens (tertiary/aromatic N) is 3. The number of aryl methyl sites for hydroxylation is 1. The number of imidazole rings is 1. The van der Waals surface area contributed by atoms with Crippen LogP contribution in [0.5, 0.6) is 5.75 Å². The molecule has 3 heterocycles. The van der Waals surface area contributed by atoms with E-state index in [1.807, 2.05) is 35.9 Å². The summed E-state index contributed by atoms with van der Waals surface area (Å²) in [5.41, 5.74) is 3.49. The van der Waals surface area contributed by atoms with Gasteiger partial charge in [-0.3, -0.25) is 14.5 Å². The van der Waals surface area contributed by atoms with Crippen molar-refractivity contribution >= 4 is 23.0 Å². The standard InChI is InChI=1S/C19H17N3O4/c1-12-4-5-21-8-14(20-18(21)6-12)9-22-15-7-13(16(24)10-23)2-3-17(15)26-11-19(22)25/h2-8,23H,9-11H2,1H3. The lowest BCUT2D eigenvalue weighted by Crippen LogP contribution is -2.38. The van der Waals surface area contributed by atoms with E-state index in [0.717, 1.165) is 16.9 Å². The molecule has 0 aliphatic carbocycles. The van der Waals surface area contributed by atoms with E-state index in [0.29, 0.717) is 17.0 Å². The fraction of sp³-hybridized carbons (Fsp3) is 0.211. The molecule has 0 fully saturated rings. The van der Waals surface area contributed by atoms with Crippen LogP contribution in [0.1, 0.15) is 21.6 Å². The lowest BCUT2D eigenvalue weighted by molar-refractivity contribution is -0.121. The molecule has 1 aliphatic rings. The second-order valence-electron chi connectivity index (χ2n) is 6.23. The molecule has 0 saturated heterocycles. The minimum Gasteiger partial charge on any atom is -0.482 e. The summed E-state index contributed by atoms with van der Waals surface area (Å²) in [5, 5.41) is 9.07. The zero-order chi connectivity index (χ0) is 18.3. The maximum atomic E-state index is 12.4. The molecular formula is C19H17N3O4. The number of carbonyl (C=O) groups is 2. The second-order valence-corrected chi connectivity index (χ2v) is 6.23. The first-order valence-electron chi connectivity index (χ1n) is 8.20. The van der Waals surface area contributed by atoms with E-state index in [4.69, 9.17) is 9.84 Å². The number of ether oxygens (including phenoxy) is 1. The van der Waals surface area contributed by atoms with Gasteiger partial charge in [-0.15, -0.1) is 0 Å². The SMILES string of the molecule is Cc1ccn2cc(CN3C(=O)COc4ccc(C(=O)CO)cc43)nc2c1. The predicted octanol–water partition coefficient (Wildman–Crippen LogP) is 1.74. The Morgan fingerprint density at radius 3 is 2.96 bits per heavy atom. The minimum absolute atomic E-state index is 0.0627. The number of carbonyl (C=O) groups excluding carboxylic acids is 2. The first-order valence-corrected chi connectivity index (χ1v) is 8.20. The Morgan fingerprint density at radius 1 is 1.31 bits per heavy atom. The molecule has 1 aliphatic heterocycles. The Hall–Kier alpha value is -3.19. The Bertz CT molecular complexity index is 1020. The van der Waals surface area contributed by atoms with E-state index in [1.54, 1.807) is 23.1 Å². The number of aliphatic hydroxyl groups excluding tert-OH is 1. The summed E-state index contributed by atoms with van der Waals surface area (Å²) in [5.74, 6) is -0.0907. The van der Waals surface area contributed by atoms with Crippen molar-refractivity contribution in [1.82, 2.24) is 9.38 Å². The molecule has 4 rings (SSSR count). The van der Waals surface area contributed by atoms with Crippen LogP contribution in [0, 0.1) is 6.92 Å². The van der Waals surface area contributed by atoms with E-state index in [-0.39, 0.29) is 19.1 Å². The maximum absolute atomic E-state index is 12.4. The molecule has 0 bridgehead atoms. The number of hydrogen-bond donors (Lipinski definition) is 1. The third-order valence-electron chi connectivity index (χ3n) is 4.35. The minimum atomic E-state index is -0.584. The predicted molar refractivity (Wildman–Crippen MR) is 94.5 cm³/mol. The van der Waals surface area contributed by atoms with Gasteiger partial charge in [-0.1, -0.05) is 0 Å². The van der Waals surface area contributed by atoms with Crippen LogP contribution in [0.4, 0.5) is 5.69 Å². The highest BCUT2D eigenvalue weighted by molar-refractivity contribution is 6.02. The Kier molecular flexibility index (Phi) is 3.93. The largest absolute Gasteiger partial charge is 0.482 e. The number of pyridine rings is 1.